The molecule has 0 spiro atoms. The minimum absolute atomic E-state index is 0.106. The molecule has 0 aromatic heterocycles. The predicted molar refractivity (Wildman–Crippen MR) is 49.2 cm³/mol. The van der Waals surface area contributed by atoms with Gasteiger partial charge in [0.15, 0.2) is 5.78 Å². The quantitative estimate of drug-likeness (QED) is 0.567. The first-order valence-corrected chi connectivity index (χ1v) is 4.87. The molecule has 2 unspecified atom stereocenters. The van der Waals surface area contributed by atoms with Crippen LogP contribution in [0.2, 0.25) is 0 Å². The van der Waals surface area contributed by atoms with Gasteiger partial charge in [-0.15, -0.1) is 0 Å². The molecular formula is C11H14O2. The molecular weight excluding hydrogens is 164 g/mol. The van der Waals surface area contributed by atoms with E-state index in [4.69, 9.17) is 0 Å². The van der Waals surface area contributed by atoms with Crippen molar-refractivity contribution in [2.45, 2.75) is 32.6 Å². The number of ketones is 2. The van der Waals surface area contributed by atoms with Gasteiger partial charge in [0.2, 0.25) is 0 Å². The Balaban J connectivity index is 2.35. The lowest BCUT2D eigenvalue weighted by Crippen LogP contribution is -2.42. The summed E-state index contributed by atoms with van der Waals surface area (Å²) in [6, 6.07) is 0. The lowest BCUT2D eigenvalue weighted by Gasteiger charge is -2.39. The van der Waals surface area contributed by atoms with Crippen molar-refractivity contribution in [3.05, 3.63) is 12.2 Å². The molecule has 2 atom stereocenters. The van der Waals surface area contributed by atoms with Crippen molar-refractivity contribution < 1.29 is 9.59 Å². The van der Waals surface area contributed by atoms with Crippen molar-refractivity contribution in [3.8, 4) is 0 Å². The van der Waals surface area contributed by atoms with Gasteiger partial charge in [-0.1, -0.05) is 13.0 Å². The van der Waals surface area contributed by atoms with Crippen LogP contribution in [-0.4, -0.2) is 11.6 Å². The van der Waals surface area contributed by atoms with E-state index in [1.807, 2.05) is 13.0 Å². The fourth-order valence-corrected chi connectivity index (χ4v) is 2.48. The summed E-state index contributed by atoms with van der Waals surface area (Å²) in [4.78, 5) is 22.9. The van der Waals surface area contributed by atoms with Gasteiger partial charge in [0.1, 0.15) is 5.78 Å². The molecule has 0 heterocycles. The van der Waals surface area contributed by atoms with Crippen LogP contribution in [0.25, 0.3) is 0 Å². The highest BCUT2D eigenvalue weighted by Gasteiger charge is 2.44. The SMILES string of the molecule is CC12CC(=O)C=CC1CCCC2=O. The molecule has 1 fully saturated rings. The minimum Gasteiger partial charge on any atom is -0.299 e. The third-order valence-electron chi connectivity index (χ3n) is 3.43. The van der Waals surface area contributed by atoms with Crippen molar-refractivity contribution >= 4 is 11.6 Å². The number of allylic oxidation sites excluding steroid dienone is 2. The lowest BCUT2D eigenvalue weighted by atomic mass is 9.62. The fraction of sp³-hybridized carbons (Fsp3) is 0.636. The Morgan fingerprint density at radius 3 is 3.00 bits per heavy atom. The average molecular weight is 178 g/mol. The number of rotatable bonds is 0. The number of hydrogen-bond donors (Lipinski definition) is 0. The molecule has 0 bridgehead atoms. The Bertz CT molecular complexity index is 290. The second-order valence-corrected chi connectivity index (χ2v) is 4.34. The zero-order valence-corrected chi connectivity index (χ0v) is 7.88. The van der Waals surface area contributed by atoms with Crippen molar-refractivity contribution in [3.63, 3.8) is 0 Å². The summed E-state index contributed by atoms with van der Waals surface area (Å²) in [7, 11) is 0. The van der Waals surface area contributed by atoms with Crippen LogP contribution >= 0.6 is 0 Å². The molecule has 0 N–H and O–H groups in total. The van der Waals surface area contributed by atoms with Crippen molar-refractivity contribution in [2.24, 2.45) is 11.3 Å². The summed E-state index contributed by atoms with van der Waals surface area (Å²) in [6.07, 6.45) is 6.71. The summed E-state index contributed by atoms with van der Waals surface area (Å²) in [5.41, 5.74) is -0.371. The first-order chi connectivity index (χ1) is 6.13. The van der Waals surface area contributed by atoms with E-state index in [-0.39, 0.29) is 17.0 Å². The maximum atomic E-state index is 11.7. The molecule has 2 nitrogen and oxygen atoms in total. The topological polar surface area (TPSA) is 34.1 Å². The number of carbonyl (C=O) groups excluding carboxylic acids is 2. The third-order valence-corrected chi connectivity index (χ3v) is 3.43. The van der Waals surface area contributed by atoms with E-state index >= 15 is 0 Å². The van der Waals surface area contributed by atoms with Crippen LogP contribution in [0.4, 0.5) is 0 Å². The number of Topliss-reactive ketones (excluding diaryl/α,β-unsaturated/α-hetero) is 1. The van der Waals surface area contributed by atoms with Crippen molar-refractivity contribution in [2.75, 3.05) is 0 Å². The van der Waals surface area contributed by atoms with Gasteiger partial charge in [-0.05, 0) is 24.8 Å². The fourth-order valence-electron chi connectivity index (χ4n) is 2.48. The summed E-state index contributed by atoms with van der Waals surface area (Å²) < 4.78 is 0. The largest absolute Gasteiger partial charge is 0.299 e. The van der Waals surface area contributed by atoms with Crippen LogP contribution in [0.1, 0.15) is 32.6 Å². The molecule has 13 heavy (non-hydrogen) atoms. The second-order valence-electron chi connectivity index (χ2n) is 4.34. The molecule has 0 aromatic rings. The molecule has 0 aliphatic heterocycles. The van der Waals surface area contributed by atoms with E-state index in [2.05, 4.69) is 0 Å². The van der Waals surface area contributed by atoms with Gasteiger partial charge in [-0.2, -0.15) is 0 Å². The highest BCUT2D eigenvalue weighted by molar-refractivity contribution is 5.98. The molecule has 0 saturated heterocycles. The molecule has 0 radical (unpaired) electrons. The van der Waals surface area contributed by atoms with Gasteiger partial charge in [0.05, 0.1) is 0 Å². The molecule has 70 valence electrons. The summed E-state index contributed by atoms with van der Waals surface area (Å²) >= 11 is 0. The Morgan fingerprint density at radius 1 is 1.46 bits per heavy atom. The second kappa shape index (κ2) is 2.79. The smallest absolute Gasteiger partial charge is 0.156 e. The summed E-state index contributed by atoms with van der Waals surface area (Å²) in [5, 5.41) is 0. The van der Waals surface area contributed by atoms with E-state index in [9.17, 15) is 9.59 Å². The zero-order chi connectivity index (χ0) is 9.47. The Hall–Kier alpha value is -0.920. The molecule has 2 aliphatic carbocycles. The predicted octanol–water partition coefficient (Wildman–Crippen LogP) is 1.89. The maximum Gasteiger partial charge on any atom is 0.156 e. The zero-order valence-electron chi connectivity index (χ0n) is 7.88. The van der Waals surface area contributed by atoms with Crippen molar-refractivity contribution in [1.82, 2.24) is 0 Å². The van der Waals surface area contributed by atoms with Crippen LogP contribution in [0.3, 0.4) is 0 Å². The average Bonchev–Trinajstić information content (AvgIpc) is 2.07. The first-order valence-electron chi connectivity index (χ1n) is 4.87. The van der Waals surface area contributed by atoms with Gasteiger partial charge in [0, 0.05) is 18.3 Å². The van der Waals surface area contributed by atoms with Gasteiger partial charge in [-0.3, -0.25) is 9.59 Å². The molecule has 0 amide bonds. The van der Waals surface area contributed by atoms with Crippen LogP contribution in [0.5, 0.6) is 0 Å². The Morgan fingerprint density at radius 2 is 2.23 bits per heavy atom. The highest BCUT2D eigenvalue weighted by Crippen LogP contribution is 2.44. The number of carbonyl (C=O) groups is 2. The van der Waals surface area contributed by atoms with E-state index < -0.39 is 0 Å². The highest BCUT2D eigenvalue weighted by atomic mass is 16.1. The van der Waals surface area contributed by atoms with E-state index in [0.717, 1.165) is 12.8 Å². The van der Waals surface area contributed by atoms with E-state index in [1.54, 1.807) is 6.08 Å². The monoisotopic (exact) mass is 178 g/mol. The third kappa shape index (κ3) is 1.25. The van der Waals surface area contributed by atoms with E-state index in [1.165, 1.54) is 0 Å². The van der Waals surface area contributed by atoms with Crippen molar-refractivity contribution in [1.29, 1.82) is 0 Å². The van der Waals surface area contributed by atoms with Crippen LogP contribution in [0.15, 0.2) is 12.2 Å². The molecule has 2 rings (SSSR count). The van der Waals surface area contributed by atoms with Gasteiger partial charge in [-0.25, -0.2) is 0 Å². The van der Waals surface area contributed by atoms with Gasteiger partial charge in [0.25, 0.3) is 0 Å². The first kappa shape index (κ1) is 8.67. The Kier molecular flexibility index (Phi) is 1.86. The number of hydrogen-bond acceptors (Lipinski definition) is 2. The molecule has 2 heteroatoms. The maximum absolute atomic E-state index is 11.7. The van der Waals surface area contributed by atoms with Crippen LogP contribution in [-0.2, 0) is 9.59 Å². The number of fused-ring (bicyclic) bond motifs is 1. The van der Waals surface area contributed by atoms with Crippen LogP contribution in [0, 0.1) is 11.3 Å². The molecule has 0 aromatic carbocycles. The van der Waals surface area contributed by atoms with Gasteiger partial charge < -0.3 is 0 Å². The Labute approximate surface area is 78.0 Å². The molecule has 2 aliphatic rings. The molecule has 1 saturated carbocycles. The normalized spacial score (nSPS) is 39.0. The summed E-state index contributed by atoms with van der Waals surface area (Å²) in [5.74, 6) is 0.696. The standard InChI is InChI=1S/C11H14O2/c1-11-7-9(12)6-5-8(11)3-2-4-10(11)13/h5-6,8H,2-4,7H2,1H3. The van der Waals surface area contributed by atoms with Crippen LogP contribution < -0.4 is 0 Å². The lowest BCUT2D eigenvalue weighted by molar-refractivity contribution is -0.137. The minimum atomic E-state index is -0.371. The van der Waals surface area contributed by atoms with E-state index in [0.29, 0.717) is 18.8 Å². The summed E-state index contributed by atoms with van der Waals surface area (Å²) in [6.45, 7) is 1.94. The van der Waals surface area contributed by atoms with Gasteiger partial charge >= 0.3 is 0 Å².